The second-order valence-electron chi connectivity index (χ2n) is 4.27. The number of sulfonamides is 1. The lowest BCUT2D eigenvalue weighted by atomic mass is 10.2. The van der Waals surface area contributed by atoms with Crippen molar-refractivity contribution in [1.82, 2.24) is 4.31 Å². The van der Waals surface area contributed by atoms with Crippen LogP contribution in [0, 0.1) is 6.07 Å². The minimum atomic E-state index is -3.57. The van der Waals surface area contributed by atoms with Crippen LogP contribution in [0.25, 0.3) is 0 Å². The molecule has 1 atom stereocenters. The molecular formula is C12H14NO4S. The van der Waals surface area contributed by atoms with Gasteiger partial charge in [0.25, 0.3) is 0 Å². The van der Waals surface area contributed by atoms with E-state index in [0.717, 1.165) is 4.31 Å². The number of rotatable bonds is 4. The molecule has 18 heavy (non-hydrogen) atoms. The first-order valence-corrected chi connectivity index (χ1v) is 7.29. The van der Waals surface area contributed by atoms with E-state index in [4.69, 9.17) is 5.11 Å². The number of hydrogen-bond acceptors (Lipinski definition) is 3. The van der Waals surface area contributed by atoms with Crippen molar-refractivity contribution < 1.29 is 18.3 Å². The van der Waals surface area contributed by atoms with Crippen LogP contribution >= 0.6 is 0 Å². The highest BCUT2D eigenvalue weighted by Crippen LogP contribution is 2.23. The number of hydrogen-bond donors (Lipinski definition) is 1. The predicted octanol–water partition coefficient (Wildman–Crippen LogP) is 0.866. The molecule has 97 valence electrons. The average molecular weight is 268 g/mol. The van der Waals surface area contributed by atoms with Crippen LogP contribution in [0.2, 0.25) is 0 Å². The molecule has 1 unspecified atom stereocenters. The number of aliphatic carboxylic acids is 1. The smallest absolute Gasteiger partial charge is 0.322 e. The molecule has 1 aromatic carbocycles. The Hall–Kier alpha value is -1.40. The van der Waals surface area contributed by atoms with Gasteiger partial charge in [0.2, 0.25) is 10.0 Å². The van der Waals surface area contributed by atoms with E-state index in [-0.39, 0.29) is 12.3 Å². The van der Waals surface area contributed by atoms with Gasteiger partial charge in [0.1, 0.15) is 6.04 Å². The Morgan fingerprint density at radius 3 is 2.72 bits per heavy atom. The van der Waals surface area contributed by atoms with Crippen LogP contribution in [0.3, 0.4) is 0 Å². The molecule has 1 heterocycles. The molecule has 2 rings (SSSR count). The van der Waals surface area contributed by atoms with Gasteiger partial charge in [-0.25, -0.2) is 8.42 Å². The molecular weight excluding hydrogens is 254 g/mol. The second kappa shape index (κ2) is 5.07. The van der Waals surface area contributed by atoms with Gasteiger partial charge < -0.3 is 5.11 Å². The molecule has 1 radical (unpaired) electrons. The number of carboxylic acid groups (broad SMARTS) is 1. The van der Waals surface area contributed by atoms with Gasteiger partial charge in [-0.3, -0.25) is 4.79 Å². The Labute approximate surface area is 106 Å². The summed E-state index contributed by atoms with van der Waals surface area (Å²) in [5.41, 5.74) is 0.643. The molecule has 1 aliphatic heterocycles. The first-order valence-electron chi connectivity index (χ1n) is 5.68. The fourth-order valence-electron chi connectivity index (χ4n) is 2.13. The van der Waals surface area contributed by atoms with Crippen LogP contribution in [-0.4, -0.2) is 36.4 Å². The molecule has 1 fully saturated rings. The summed E-state index contributed by atoms with van der Waals surface area (Å²) in [6, 6.07) is 8.53. The van der Waals surface area contributed by atoms with Crippen LogP contribution in [0.15, 0.2) is 24.3 Å². The van der Waals surface area contributed by atoms with E-state index in [1.165, 1.54) is 0 Å². The maximum absolute atomic E-state index is 12.2. The van der Waals surface area contributed by atoms with Crippen LogP contribution in [-0.2, 0) is 20.6 Å². The molecule has 1 N–H and O–H groups in total. The molecule has 0 bridgehead atoms. The van der Waals surface area contributed by atoms with Gasteiger partial charge >= 0.3 is 5.97 Å². The Morgan fingerprint density at radius 2 is 2.11 bits per heavy atom. The number of benzene rings is 1. The first-order chi connectivity index (χ1) is 8.50. The normalized spacial score (nSPS) is 21.0. The van der Waals surface area contributed by atoms with Gasteiger partial charge in [-0.1, -0.05) is 24.3 Å². The summed E-state index contributed by atoms with van der Waals surface area (Å²) in [5.74, 6) is -1.23. The molecule has 0 spiro atoms. The minimum absolute atomic E-state index is 0.161. The van der Waals surface area contributed by atoms with Crippen LogP contribution in [0.1, 0.15) is 18.4 Å². The summed E-state index contributed by atoms with van der Waals surface area (Å²) in [6.07, 6.45) is 0.982. The molecule has 5 nitrogen and oxygen atoms in total. The van der Waals surface area contributed by atoms with Crippen molar-refractivity contribution in [3.05, 3.63) is 35.9 Å². The first kappa shape index (κ1) is 13.0. The summed E-state index contributed by atoms with van der Waals surface area (Å²) in [7, 11) is -3.57. The van der Waals surface area contributed by atoms with E-state index in [1.807, 2.05) is 0 Å². The maximum Gasteiger partial charge on any atom is 0.322 e. The van der Waals surface area contributed by atoms with E-state index in [1.54, 1.807) is 24.3 Å². The zero-order valence-corrected chi connectivity index (χ0v) is 10.6. The third-order valence-electron chi connectivity index (χ3n) is 2.98. The summed E-state index contributed by atoms with van der Waals surface area (Å²) < 4.78 is 25.4. The second-order valence-corrected chi connectivity index (χ2v) is 6.19. The summed E-state index contributed by atoms with van der Waals surface area (Å²) in [5, 5.41) is 9.00. The van der Waals surface area contributed by atoms with E-state index < -0.39 is 22.0 Å². The van der Waals surface area contributed by atoms with Crippen molar-refractivity contribution in [2.24, 2.45) is 0 Å². The summed E-state index contributed by atoms with van der Waals surface area (Å²) in [6.45, 7) is 0.290. The topological polar surface area (TPSA) is 74.7 Å². The highest BCUT2D eigenvalue weighted by atomic mass is 32.2. The number of nitrogens with zero attached hydrogens (tertiary/aromatic N) is 1. The number of carboxylic acids is 1. The van der Waals surface area contributed by atoms with Gasteiger partial charge in [0, 0.05) is 6.54 Å². The average Bonchev–Trinajstić information content (AvgIpc) is 2.79. The van der Waals surface area contributed by atoms with Crippen molar-refractivity contribution in [3.8, 4) is 0 Å². The van der Waals surface area contributed by atoms with Crippen molar-refractivity contribution >= 4 is 16.0 Å². The fourth-order valence-corrected chi connectivity index (χ4v) is 3.90. The monoisotopic (exact) mass is 268 g/mol. The predicted molar refractivity (Wildman–Crippen MR) is 65.3 cm³/mol. The van der Waals surface area contributed by atoms with E-state index in [9.17, 15) is 13.2 Å². The molecule has 1 saturated heterocycles. The van der Waals surface area contributed by atoms with Crippen LogP contribution in [0.5, 0.6) is 0 Å². The third-order valence-corrected chi connectivity index (χ3v) is 4.83. The Balaban J connectivity index is 2.19. The molecule has 1 aliphatic rings. The molecule has 0 aromatic heterocycles. The lowest BCUT2D eigenvalue weighted by Crippen LogP contribution is -2.40. The Bertz CT molecular complexity index is 526. The highest BCUT2D eigenvalue weighted by Gasteiger charge is 2.38. The van der Waals surface area contributed by atoms with Gasteiger partial charge in [-0.05, 0) is 24.5 Å². The van der Waals surface area contributed by atoms with E-state index >= 15 is 0 Å². The van der Waals surface area contributed by atoms with Gasteiger partial charge in [-0.2, -0.15) is 4.31 Å². The fraction of sp³-hybridized carbons (Fsp3) is 0.417. The zero-order valence-electron chi connectivity index (χ0n) is 9.74. The molecule has 0 saturated carbocycles. The Kier molecular flexibility index (Phi) is 3.68. The lowest BCUT2D eigenvalue weighted by molar-refractivity contribution is -0.140. The standard InChI is InChI=1S/C12H14NO4S/c14-12(15)11-7-4-8-13(11)18(16,17)9-10-5-2-1-3-6-10/h2-3,5-6,11H,4,7-9H2,(H,14,15). The quantitative estimate of drug-likeness (QED) is 0.879. The van der Waals surface area contributed by atoms with Crippen molar-refractivity contribution in [2.75, 3.05) is 6.54 Å². The third kappa shape index (κ3) is 2.70. The summed E-state index contributed by atoms with van der Waals surface area (Å²) in [4.78, 5) is 11.0. The van der Waals surface area contributed by atoms with Gasteiger partial charge in [0.15, 0.2) is 0 Å². The van der Waals surface area contributed by atoms with Gasteiger partial charge in [0.05, 0.1) is 5.75 Å². The summed E-state index contributed by atoms with van der Waals surface area (Å²) >= 11 is 0. The van der Waals surface area contributed by atoms with E-state index in [2.05, 4.69) is 6.07 Å². The maximum atomic E-state index is 12.2. The minimum Gasteiger partial charge on any atom is -0.480 e. The highest BCUT2D eigenvalue weighted by molar-refractivity contribution is 7.88. The van der Waals surface area contributed by atoms with Crippen LogP contribution in [0.4, 0.5) is 0 Å². The Morgan fingerprint density at radius 1 is 1.44 bits per heavy atom. The molecule has 0 amide bonds. The van der Waals surface area contributed by atoms with Crippen LogP contribution < -0.4 is 0 Å². The van der Waals surface area contributed by atoms with Crippen molar-refractivity contribution in [1.29, 1.82) is 0 Å². The van der Waals surface area contributed by atoms with Crippen molar-refractivity contribution in [3.63, 3.8) is 0 Å². The SMILES string of the molecule is O=C(O)C1CCCN1S(=O)(=O)Cc1cc[c]cc1. The largest absolute Gasteiger partial charge is 0.480 e. The molecule has 0 aliphatic carbocycles. The van der Waals surface area contributed by atoms with Gasteiger partial charge in [-0.15, -0.1) is 0 Å². The lowest BCUT2D eigenvalue weighted by Gasteiger charge is -2.20. The van der Waals surface area contributed by atoms with Crippen molar-refractivity contribution in [2.45, 2.75) is 24.6 Å². The van der Waals surface area contributed by atoms with E-state index in [0.29, 0.717) is 18.4 Å². The zero-order chi connectivity index (χ0) is 13.2. The molecule has 6 heteroatoms. The molecule has 1 aromatic rings. The number of carbonyl (C=O) groups is 1.